The van der Waals surface area contributed by atoms with E-state index in [1.54, 1.807) is 82.3 Å². The molecule has 0 radical (unpaired) electrons. The highest BCUT2D eigenvalue weighted by Gasteiger charge is 2.36. The quantitative estimate of drug-likeness (QED) is 0.0553. The van der Waals surface area contributed by atoms with E-state index in [2.05, 4.69) is 26.6 Å². The maximum Gasteiger partial charge on any atom is 0.419 e. The van der Waals surface area contributed by atoms with Gasteiger partial charge >= 0.3 is 18.4 Å². The molecule has 7 amide bonds. The molecule has 3 atom stereocenters. The van der Waals surface area contributed by atoms with Crippen LogP contribution in [0.3, 0.4) is 0 Å². The van der Waals surface area contributed by atoms with Crippen LogP contribution in [-0.2, 0) is 59.2 Å². The summed E-state index contributed by atoms with van der Waals surface area (Å²) in [5.41, 5.74) is -1.11. The van der Waals surface area contributed by atoms with Crippen molar-refractivity contribution in [3.8, 4) is 0 Å². The molecule has 20 heteroatoms. The zero-order valence-corrected chi connectivity index (χ0v) is 40.7. The number of hydrogen-bond acceptors (Lipinski definition) is 9. The number of rotatable bonds is 26. The number of alkyl carbamates (subject to hydrolysis) is 2. The van der Waals surface area contributed by atoms with Crippen LogP contribution in [-0.4, -0.2) is 108 Å². The van der Waals surface area contributed by atoms with E-state index in [0.717, 1.165) is 17.2 Å². The Labute approximate surface area is 407 Å². The predicted molar refractivity (Wildman–Crippen MR) is 253 cm³/mol. The smallest absolute Gasteiger partial charge is 0.419 e. The van der Waals surface area contributed by atoms with Crippen LogP contribution in [0.2, 0.25) is 0 Å². The first-order valence-electron chi connectivity index (χ1n) is 23.4. The van der Waals surface area contributed by atoms with Crippen molar-refractivity contribution in [1.82, 2.24) is 36.4 Å². The SMILES string of the molecule is CCCN(CCC)C(=O)C[C@H](NC(=O)OC(C)(C)C)C(=O)N[C@@H](CC(=O)N(CCC)CCNC(=O)OCc1ccccc1)C(=O)N[C@@H](CCc1ccccc1)C(=O)NCc1ccc(F)c(C(F)(F)F)c1. The molecule has 0 saturated carbocycles. The third-order valence-electron chi connectivity index (χ3n) is 10.4. The summed E-state index contributed by atoms with van der Waals surface area (Å²) in [6.07, 6.45) is -6.26. The van der Waals surface area contributed by atoms with Crippen LogP contribution < -0.4 is 26.6 Å². The average Bonchev–Trinajstić information content (AvgIpc) is 3.30. The summed E-state index contributed by atoms with van der Waals surface area (Å²) in [4.78, 5) is 99.0. The highest BCUT2D eigenvalue weighted by atomic mass is 19.4. The number of nitrogens with one attached hydrogen (secondary N) is 5. The number of alkyl halides is 3. The van der Waals surface area contributed by atoms with Gasteiger partial charge in [-0.3, -0.25) is 24.0 Å². The molecule has 16 nitrogen and oxygen atoms in total. The van der Waals surface area contributed by atoms with E-state index in [1.807, 2.05) is 19.9 Å². The standard InChI is InChI=1S/C50H67F4N7O9/c1-7-25-60(26-8-2)42(62)31-41(59-48(68)70-49(4,5)6)46(66)58-40(30-43(63)61(27-9-3)28-24-55-47(67)69-33-35-18-14-11-15-19-35)45(65)57-39(23-21-34-16-12-10-13-17-34)44(64)56-32-36-20-22-38(51)37(29-36)50(52,53)54/h10-20,22,29,39-41H,7-9,21,23-28,30-33H2,1-6H3,(H,55,67)(H,56,64)(H,57,65)(H,58,66)(H,59,68)/t39-,40-,41-/m0/s1. The minimum atomic E-state index is -5.01. The summed E-state index contributed by atoms with van der Waals surface area (Å²) in [6, 6.07) is 15.3. The van der Waals surface area contributed by atoms with E-state index in [-0.39, 0.29) is 44.6 Å². The summed E-state index contributed by atoms with van der Waals surface area (Å²) in [7, 11) is 0. The third kappa shape index (κ3) is 20.9. The van der Waals surface area contributed by atoms with Crippen LogP contribution in [0, 0.1) is 5.82 Å². The molecule has 3 aromatic carbocycles. The number of aryl methyl sites for hydroxylation is 1. The molecule has 70 heavy (non-hydrogen) atoms. The lowest BCUT2D eigenvalue weighted by atomic mass is 10.0. The van der Waals surface area contributed by atoms with Gasteiger partial charge in [-0.2, -0.15) is 13.2 Å². The van der Waals surface area contributed by atoms with Gasteiger partial charge in [-0.15, -0.1) is 0 Å². The number of carbonyl (C=O) groups excluding carboxylic acids is 7. The van der Waals surface area contributed by atoms with Crippen LogP contribution >= 0.6 is 0 Å². The maximum atomic E-state index is 14.5. The van der Waals surface area contributed by atoms with Crippen LogP contribution in [0.1, 0.15) is 102 Å². The van der Waals surface area contributed by atoms with Gasteiger partial charge in [0.15, 0.2) is 0 Å². The monoisotopic (exact) mass is 985 g/mol. The Morgan fingerprint density at radius 3 is 1.64 bits per heavy atom. The molecule has 3 aromatic rings. The second kappa shape index (κ2) is 28.7. The Kier molecular flexibility index (Phi) is 23.6. The van der Waals surface area contributed by atoms with Crippen molar-refractivity contribution < 1.29 is 60.6 Å². The van der Waals surface area contributed by atoms with Gasteiger partial charge in [0.05, 0.1) is 18.4 Å². The summed E-state index contributed by atoms with van der Waals surface area (Å²) in [5, 5.41) is 12.7. The molecule has 0 aromatic heterocycles. The average molecular weight is 986 g/mol. The molecule has 0 fully saturated rings. The van der Waals surface area contributed by atoms with E-state index in [4.69, 9.17) is 9.47 Å². The van der Waals surface area contributed by atoms with Gasteiger partial charge in [0.2, 0.25) is 29.5 Å². The number of amides is 7. The molecule has 3 rings (SSSR count). The second-order valence-corrected chi connectivity index (χ2v) is 17.5. The Morgan fingerprint density at radius 1 is 0.600 bits per heavy atom. The molecule has 0 unspecified atom stereocenters. The minimum Gasteiger partial charge on any atom is -0.445 e. The van der Waals surface area contributed by atoms with E-state index < -0.39 is 102 Å². The lowest BCUT2D eigenvalue weighted by Gasteiger charge is -2.29. The zero-order valence-electron chi connectivity index (χ0n) is 40.7. The van der Waals surface area contributed by atoms with Crippen molar-refractivity contribution >= 4 is 41.7 Å². The predicted octanol–water partition coefficient (Wildman–Crippen LogP) is 6.55. The van der Waals surface area contributed by atoms with E-state index in [9.17, 15) is 51.1 Å². The highest BCUT2D eigenvalue weighted by Crippen LogP contribution is 2.32. The van der Waals surface area contributed by atoms with Crippen molar-refractivity contribution in [3.63, 3.8) is 0 Å². The van der Waals surface area contributed by atoms with Gasteiger partial charge in [-0.05, 0) is 81.7 Å². The molecule has 0 spiro atoms. The van der Waals surface area contributed by atoms with Crippen LogP contribution in [0.5, 0.6) is 0 Å². The van der Waals surface area contributed by atoms with E-state index in [0.29, 0.717) is 44.5 Å². The summed E-state index contributed by atoms with van der Waals surface area (Å²) < 4.78 is 65.3. The van der Waals surface area contributed by atoms with Gasteiger partial charge in [0.25, 0.3) is 0 Å². The number of carbonyl (C=O) groups is 7. The molecule has 384 valence electrons. The van der Waals surface area contributed by atoms with Crippen LogP contribution in [0.4, 0.5) is 27.2 Å². The molecule has 0 aliphatic rings. The number of ether oxygens (including phenoxy) is 2. The van der Waals surface area contributed by atoms with Gasteiger partial charge in [0.1, 0.15) is 36.2 Å². The van der Waals surface area contributed by atoms with E-state index in [1.165, 1.54) is 9.80 Å². The Balaban J connectivity index is 1.97. The van der Waals surface area contributed by atoms with Gasteiger partial charge < -0.3 is 45.9 Å². The summed E-state index contributed by atoms with van der Waals surface area (Å²) >= 11 is 0. The lowest BCUT2D eigenvalue weighted by molar-refractivity contribution is -0.140. The Bertz CT molecular complexity index is 2170. The fraction of sp³-hybridized carbons (Fsp3) is 0.500. The number of nitrogens with zero attached hydrogens (tertiary/aromatic N) is 2. The lowest BCUT2D eigenvalue weighted by Crippen LogP contribution is -2.58. The first kappa shape index (κ1) is 57.6. The summed E-state index contributed by atoms with van der Waals surface area (Å²) in [6.45, 7) is 10.6. The number of hydrogen-bond donors (Lipinski definition) is 5. The minimum absolute atomic E-state index is 0.000968. The largest absolute Gasteiger partial charge is 0.445 e. The fourth-order valence-electron chi connectivity index (χ4n) is 7.06. The fourth-order valence-corrected chi connectivity index (χ4v) is 7.06. The number of halogens is 4. The first-order chi connectivity index (χ1) is 33.1. The highest BCUT2D eigenvalue weighted by molar-refractivity contribution is 5.97. The first-order valence-corrected chi connectivity index (χ1v) is 23.4. The van der Waals surface area contributed by atoms with Crippen LogP contribution in [0.25, 0.3) is 0 Å². The molecule has 0 heterocycles. The van der Waals surface area contributed by atoms with Crippen LogP contribution in [0.15, 0.2) is 78.9 Å². The van der Waals surface area contributed by atoms with Crippen molar-refractivity contribution in [2.45, 2.75) is 130 Å². The molecule has 0 aliphatic carbocycles. The van der Waals surface area contributed by atoms with Crippen molar-refractivity contribution in [2.75, 3.05) is 32.7 Å². The number of benzene rings is 3. The van der Waals surface area contributed by atoms with Gasteiger partial charge in [0, 0.05) is 39.3 Å². The third-order valence-corrected chi connectivity index (χ3v) is 10.4. The topological polar surface area (TPSA) is 205 Å². The molecular formula is C50H67F4N7O9. The van der Waals surface area contributed by atoms with Crippen molar-refractivity contribution in [3.05, 3.63) is 107 Å². The maximum absolute atomic E-state index is 14.5. The normalized spacial score (nSPS) is 12.6. The second-order valence-electron chi connectivity index (χ2n) is 17.5. The van der Waals surface area contributed by atoms with Gasteiger partial charge in [-0.25, -0.2) is 14.0 Å². The molecule has 0 bridgehead atoms. The zero-order chi connectivity index (χ0) is 51.9. The molecule has 0 aliphatic heterocycles. The van der Waals surface area contributed by atoms with E-state index >= 15 is 0 Å². The molecule has 0 saturated heterocycles. The molecular weight excluding hydrogens is 919 g/mol. The molecule has 5 N–H and O–H groups in total. The van der Waals surface area contributed by atoms with Crippen molar-refractivity contribution in [1.29, 1.82) is 0 Å². The van der Waals surface area contributed by atoms with Gasteiger partial charge in [-0.1, -0.05) is 87.5 Å². The Hall–Kier alpha value is -6.73. The summed E-state index contributed by atoms with van der Waals surface area (Å²) in [5.74, 6) is -5.56. The van der Waals surface area contributed by atoms with Crippen molar-refractivity contribution in [2.24, 2.45) is 0 Å². The Morgan fingerprint density at radius 2 is 1.11 bits per heavy atom.